The van der Waals surface area contributed by atoms with Gasteiger partial charge in [0.1, 0.15) is 17.6 Å². The highest BCUT2D eigenvalue weighted by molar-refractivity contribution is 5.52. The van der Waals surface area contributed by atoms with Crippen LogP contribution in [0.4, 0.5) is 0 Å². The SMILES string of the molecule is CC1(C)O[C@@H]([C@@H](Cc2cccc(O)c2)N=[N+]=[N-])[C@H](/C=C/c2cccc(O)c2)O1. The summed E-state index contributed by atoms with van der Waals surface area (Å²) in [7, 11) is 0. The Labute approximate surface area is 163 Å². The second kappa shape index (κ2) is 8.35. The van der Waals surface area contributed by atoms with Crippen molar-refractivity contribution in [2.45, 2.75) is 44.3 Å². The smallest absolute Gasteiger partial charge is 0.164 e. The number of hydrogen-bond acceptors (Lipinski definition) is 5. The lowest BCUT2D eigenvalue weighted by atomic mass is 9.97. The summed E-state index contributed by atoms with van der Waals surface area (Å²) < 4.78 is 12.0. The second-order valence-electron chi connectivity index (χ2n) is 7.17. The molecule has 0 unspecified atom stereocenters. The monoisotopic (exact) mass is 381 g/mol. The average Bonchev–Trinajstić information content (AvgIpc) is 2.94. The highest BCUT2D eigenvalue weighted by atomic mass is 16.8. The van der Waals surface area contributed by atoms with E-state index in [1.807, 2.05) is 38.1 Å². The predicted molar refractivity (Wildman–Crippen MR) is 106 cm³/mol. The summed E-state index contributed by atoms with van der Waals surface area (Å²) in [5.74, 6) is -0.500. The molecule has 2 N–H and O–H groups in total. The fraction of sp³-hybridized carbons (Fsp3) is 0.333. The van der Waals surface area contributed by atoms with E-state index in [2.05, 4.69) is 10.0 Å². The molecule has 2 aromatic rings. The van der Waals surface area contributed by atoms with E-state index in [-0.39, 0.29) is 11.5 Å². The van der Waals surface area contributed by atoms with Gasteiger partial charge in [-0.2, -0.15) is 0 Å². The minimum Gasteiger partial charge on any atom is -0.508 e. The van der Waals surface area contributed by atoms with Gasteiger partial charge in [0.2, 0.25) is 0 Å². The standard InChI is InChI=1S/C21H23N3O4/c1-21(2)27-19(10-9-14-5-3-7-16(25)11-14)20(28-21)18(23-24-22)13-15-6-4-8-17(26)12-15/h3-12,18-20,25-26H,13H2,1-2H3/b10-9+/t18-,19+,20+/m1/s1. The molecule has 0 aliphatic carbocycles. The van der Waals surface area contributed by atoms with Gasteiger partial charge in [-0.3, -0.25) is 0 Å². The quantitative estimate of drug-likeness (QED) is 0.434. The summed E-state index contributed by atoms with van der Waals surface area (Å²) in [6, 6.07) is 13.2. The number of rotatable bonds is 6. The van der Waals surface area contributed by atoms with Gasteiger partial charge in [-0.1, -0.05) is 41.5 Å². The summed E-state index contributed by atoms with van der Waals surface area (Å²) in [4.78, 5) is 2.98. The van der Waals surface area contributed by atoms with E-state index in [1.54, 1.807) is 36.4 Å². The van der Waals surface area contributed by atoms with E-state index in [4.69, 9.17) is 15.0 Å². The Morgan fingerprint density at radius 3 is 2.54 bits per heavy atom. The highest BCUT2D eigenvalue weighted by Gasteiger charge is 2.43. The van der Waals surface area contributed by atoms with E-state index in [0.29, 0.717) is 6.42 Å². The molecule has 0 saturated carbocycles. The molecule has 1 aliphatic rings. The van der Waals surface area contributed by atoms with Crippen molar-refractivity contribution in [2.75, 3.05) is 0 Å². The maximum atomic E-state index is 9.70. The van der Waals surface area contributed by atoms with Crippen molar-refractivity contribution < 1.29 is 19.7 Å². The minimum absolute atomic E-state index is 0.154. The number of aromatic hydroxyl groups is 2. The fourth-order valence-corrected chi connectivity index (χ4v) is 3.31. The Hall–Kier alpha value is -2.99. The van der Waals surface area contributed by atoms with Crippen LogP contribution in [0.1, 0.15) is 25.0 Å². The molecule has 0 aromatic heterocycles. The van der Waals surface area contributed by atoms with Crippen LogP contribution >= 0.6 is 0 Å². The molecule has 0 radical (unpaired) electrons. The van der Waals surface area contributed by atoms with Crippen molar-refractivity contribution in [3.63, 3.8) is 0 Å². The molecule has 2 aromatic carbocycles. The molecular weight excluding hydrogens is 358 g/mol. The lowest BCUT2D eigenvalue weighted by Crippen LogP contribution is -2.34. The Balaban J connectivity index is 1.84. The van der Waals surface area contributed by atoms with E-state index in [1.165, 1.54) is 0 Å². The number of ether oxygens (including phenoxy) is 2. The van der Waals surface area contributed by atoms with E-state index in [9.17, 15) is 10.2 Å². The topological polar surface area (TPSA) is 108 Å². The Morgan fingerprint density at radius 1 is 1.14 bits per heavy atom. The Kier molecular flexibility index (Phi) is 5.90. The largest absolute Gasteiger partial charge is 0.508 e. The van der Waals surface area contributed by atoms with E-state index < -0.39 is 24.0 Å². The van der Waals surface area contributed by atoms with Crippen LogP contribution < -0.4 is 0 Å². The molecule has 1 saturated heterocycles. The molecule has 3 atom stereocenters. The third-order valence-corrected chi connectivity index (χ3v) is 4.45. The first kappa shape index (κ1) is 19.8. The van der Waals surface area contributed by atoms with Crippen molar-refractivity contribution in [1.82, 2.24) is 0 Å². The van der Waals surface area contributed by atoms with E-state index in [0.717, 1.165) is 11.1 Å². The molecule has 1 fully saturated rings. The fourth-order valence-electron chi connectivity index (χ4n) is 3.31. The maximum Gasteiger partial charge on any atom is 0.164 e. The van der Waals surface area contributed by atoms with Crippen molar-refractivity contribution in [3.05, 3.63) is 76.2 Å². The van der Waals surface area contributed by atoms with Gasteiger partial charge in [0, 0.05) is 4.91 Å². The van der Waals surface area contributed by atoms with E-state index >= 15 is 0 Å². The first-order valence-electron chi connectivity index (χ1n) is 9.01. The first-order valence-corrected chi connectivity index (χ1v) is 9.01. The predicted octanol–water partition coefficient (Wildman–Crippen LogP) is 4.55. The highest BCUT2D eigenvalue weighted by Crippen LogP contribution is 2.33. The van der Waals surface area contributed by atoms with Gasteiger partial charge in [0.15, 0.2) is 5.79 Å². The minimum atomic E-state index is -0.833. The van der Waals surface area contributed by atoms with Crippen LogP contribution in [0.5, 0.6) is 11.5 Å². The number of benzene rings is 2. The third kappa shape index (κ3) is 5.04. The molecule has 1 heterocycles. The second-order valence-corrected chi connectivity index (χ2v) is 7.17. The van der Waals surface area contributed by atoms with Crippen LogP contribution in [-0.4, -0.2) is 34.2 Å². The zero-order valence-corrected chi connectivity index (χ0v) is 15.8. The number of nitrogens with zero attached hydrogens (tertiary/aromatic N) is 3. The summed E-state index contributed by atoms with van der Waals surface area (Å²) in [5, 5.41) is 23.3. The summed E-state index contributed by atoms with van der Waals surface area (Å²) in [6.45, 7) is 3.62. The molecule has 1 aliphatic heterocycles. The molecule has 7 heteroatoms. The van der Waals surface area contributed by atoms with Gasteiger partial charge in [0.25, 0.3) is 0 Å². The van der Waals surface area contributed by atoms with Gasteiger partial charge in [-0.25, -0.2) is 0 Å². The maximum absolute atomic E-state index is 9.70. The van der Waals surface area contributed by atoms with Crippen LogP contribution in [0.2, 0.25) is 0 Å². The van der Waals surface area contributed by atoms with Crippen LogP contribution in [-0.2, 0) is 15.9 Å². The summed E-state index contributed by atoms with van der Waals surface area (Å²) in [6.07, 6.45) is 3.14. The first-order chi connectivity index (χ1) is 13.4. The zero-order valence-electron chi connectivity index (χ0n) is 15.8. The number of hydrogen-bond donors (Lipinski definition) is 2. The summed E-state index contributed by atoms with van der Waals surface area (Å²) in [5.41, 5.74) is 10.7. The number of phenols is 2. The molecule has 0 amide bonds. The van der Waals surface area contributed by atoms with Gasteiger partial charge < -0.3 is 19.7 Å². The molecule has 3 rings (SSSR count). The number of azide groups is 1. The van der Waals surface area contributed by atoms with Crippen molar-refractivity contribution in [1.29, 1.82) is 0 Å². The van der Waals surface area contributed by atoms with Crippen molar-refractivity contribution >= 4 is 6.08 Å². The molecule has 0 spiro atoms. The Bertz CT molecular complexity index is 906. The van der Waals surface area contributed by atoms with Crippen molar-refractivity contribution in [3.8, 4) is 11.5 Å². The average molecular weight is 381 g/mol. The number of phenolic OH excluding ortho intramolecular Hbond substituents is 2. The normalized spacial score (nSPS) is 22.1. The Morgan fingerprint density at radius 2 is 1.86 bits per heavy atom. The zero-order chi connectivity index (χ0) is 20.1. The molecule has 7 nitrogen and oxygen atoms in total. The molecule has 28 heavy (non-hydrogen) atoms. The lowest BCUT2D eigenvalue weighted by molar-refractivity contribution is -0.144. The van der Waals surface area contributed by atoms with Crippen LogP contribution in [0.25, 0.3) is 16.5 Å². The lowest BCUT2D eigenvalue weighted by Gasteiger charge is -2.22. The molecule has 0 bridgehead atoms. The van der Waals surface area contributed by atoms with Crippen LogP contribution in [0.15, 0.2) is 59.7 Å². The van der Waals surface area contributed by atoms with Gasteiger partial charge in [-0.15, -0.1) is 0 Å². The van der Waals surface area contributed by atoms with Gasteiger partial charge >= 0.3 is 0 Å². The summed E-state index contributed by atoms with van der Waals surface area (Å²) >= 11 is 0. The van der Waals surface area contributed by atoms with Crippen molar-refractivity contribution in [2.24, 2.45) is 5.11 Å². The van der Waals surface area contributed by atoms with Crippen LogP contribution in [0.3, 0.4) is 0 Å². The van der Waals surface area contributed by atoms with Gasteiger partial charge in [0.05, 0.1) is 12.1 Å². The van der Waals surface area contributed by atoms with Gasteiger partial charge in [-0.05, 0) is 61.2 Å². The van der Waals surface area contributed by atoms with Crippen LogP contribution in [0, 0.1) is 0 Å². The molecular formula is C21H23N3O4. The molecule has 146 valence electrons. The third-order valence-electron chi connectivity index (χ3n) is 4.45.